The van der Waals surface area contributed by atoms with Gasteiger partial charge in [0.25, 0.3) is 0 Å². The van der Waals surface area contributed by atoms with Crippen LogP contribution in [-0.4, -0.2) is 0 Å². The number of hydrogen-bond acceptors (Lipinski definition) is 0. The smallest absolute Gasteiger partial charge is 0.0182 e. The standard InChI is InChI=1S/C15H20/c1-6-14(7-11(2)3)15-9-12(4)8-13(5)10-15/h6-10H,1-5H3/b14-6+. The van der Waals surface area contributed by atoms with Gasteiger partial charge in [0, 0.05) is 0 Å². The van der Waals surface area contributed by atoms with Crippen LogP contribution < -0.4 is 0 Å². The predicted octanol–water partition coefficient (Wildman–Crippen LogP) is 4.67. The first-order chi connectivity index (χ1) is 7.02. The Balaban J connectivity index is 3.19. The molecule has 0 bridgehead atoms. The van der Waals surface area contributed by atoms with E-state index < -0.39 is 0 Å². The highest BCUT2D eigenvalue weighted by molar-refractivity contribution is 5.75. The third-order valence-corrected chi connectivity index (χ3v) is 2.31. The summed E-state index contributed by atoms with van der Waals surface area (Å²) in [6.07, 6.45) is 4.40. The number of benzene rings is 1. The number of rotatable bonds is 2. The molecule has 15 heavy (non-hydrogen) atoms. The minimum absolute atomic E-state index is 1.31. The van der Waals surface area contributed by atoms with Crippen molar-refractivity contribution < 1.29 is 0 Å². The lowest BCUT2D eigenvalue weighted by Gasteiger charge is -2.06. The van der Waals surface area contributed by atoms with Crippen molar-refractivity contribution in [2.45, 2.75) is 34.6 Å². The van der Waals surface area contributed by atoms with Gasteiger partial charge in [-0.15, -0.1) is 0 Å². The SMILES string of the molecule is C/C=C(\C=C(C)C)c1cc(C)cc(C)c1. The van der Waals surface area contributed by atoms with Gasteiger partial charge in [0.2, 0.25) is 0 Å². The molecule has 0 spiro atoms. The van der Waals surface area contributed by atoms with Crippen LogP contribution in [0.25, 0.3) is 5.57 Å². The maximum Gasteiger partial charge on any atom is -0.0182 e. The molecule has 0 aliphatic heterocycles. The molecular formula is C15H20. The fourth-order valence-corrected chi connectivity index (χ4v) is 1.79. The summed E-state index contributed by atoms with van der Waals surface area (Å²) in [5, 5.41) is 0. The van der Waals surface area contributed by atoms with Gasteiger partial charge in [0.15, 0.2) is 0 Å². The molecule has 0 saturated carbocycles. The molecule has 1 aromatic rings. The first-order valence-corrected chi connectivity index (χ1v) is 5.43. The summed E-state index contributed by atoms with van der Waals surface area (Å²) in [4.78, 5) is 0. The molecule has 0 nitrogen and oxygen atoms in total. The Hall–Kier alpha value is -1.30. The average Bonchev–Trinajstić information content (AvgIpc) is 2.12. The van der Waals surface area contributed by atoms with Gasteiger partial charge >= 0.3 is 0 Å². The summed E-state index contributed by atoms with van der Waals surface area (Å²) in [7, 11) is 0. The summed E-state index contributed by atoms with van der Waals surface area (Å²) in [6, 6.07) is 6.68. The minimum Gasteiger partial charge on any atom is -0.0798 e. The second-order valence-corrected chi connectivity index (χ2v) is 4.34. The molecule has 1 rings (SSSR count). The first kappa shape index (κ1) is 11.8. The van der Waals surface area contributed by atoms with Gasteiger partial charge in [-0.2, -0.15) is 0 Å². The summed E-state index contributed by atoms with van der Waals surface area (Å²) in [5.41, 5.74) is 6.61. The van der Waals surface area contributed by atoms with Crippen molar-refractivity contribution in [2.75, 3.05) is 0 Å². The molecule has 80 valence electrons. The zero-order valence-electron chi connectivity index (χ0n) is 10.4. The molecule has 1 aromatic carbocycles. The van der Waals surface area contributed by atoms with E-state index >= 15 is 0 Å². The van der Waals surface area contributed by atoms with Crippen LogP contribution in [0, 0.1) is 13.8 Å². The van der Waals surface area contributed by atoms with E-state index in [9.17, 15) is 0 Å². The lowest BCUT2D eigenvalue weighted by Crippen LogP contribution is -1.86. The monoisotopic (exact) mass is 200 g/mol. The highest BCUT2D eigenvalue weighted by atomic mass is 14.0. The van der Waals surface area contributed by atoms with Crippen molar-refractivity contribution in [2.24, 2.45) is 0 Å². The van der Waals surface area contributed by atoms with Gasteiger partial charge in [0.05, 0.1) is 0 Å². The van der Waals surface area contributed by atoms with E-state index in [4.69, 9.17) is 0 Å². The average molecular weight is 200 g/mol. The van der Waals surface area contributed by atoms with E-state index in [1.54, 1.807) is 0 Å². The van der Waals surface area contributed by atoms with E-state index in [2.05, 4.69) is 65.0 Å². The van der Waals surface area contributed by atoms with Gasteiger partial charge in [-0.3, -0.25) is 0 Å². The van der Waals surface area contributed by atoms with Crippen LogP contribution in [0.5, 0.6) is 0 Å². The molecule has 0 aliphatic carbocycles. The van der Waals surface area contributed by atoms with E-state index in [0.29, 0.717) is 0 Å². The van der Waals surface area contributed by atoms with Crippen LogP contribution in [0.15, 0.2) is 35.9 Å². The van der Waals surface area contributed by atoms with Gasteiger partial charge < -0.3 is 0 Å². The van der Waals surface area contributed by atoms with Gasteiger partial charge in [-0.05, 0) is 45.8 Å². The first-order valence-electron chi connectivity index (χ1n) is 5.43. The van der Waals surface area contributed by atoms with Crippen LogP contribution >= 0.6 is 0 Å². The molecule has 0 radical (unpaired) electrons. The van der Waals surface area contributed by atoms with Crippen LogP contribution in [0.1, 0.15) is 37.5 Å². The lowest BCUT2D eigenvalue weighted by molar-refractivity contribution is 1.35. The predicted molar refractivity (Wildman–Crippen MR) is 69.0 cm³/mol. The van der Waals surface area contributed by atoms with Crippen LogP contribution in [0.3, 0.4) is 0 Å². The molecule has 0 heterocycles. The van der Waals surface area contributed by atoms with Crippen molar-refractivity contribution in [3.8, 4) is 0 Å². The fraction of sp³-hybridized carbons (Fsp3) is 0.333. The third-order valence-electron chi connectivity index (χ3n) is 2.31. The Morgan fingerprint density at radius 2 is 1.53 bits per heavy atom. The van der Waals surface area contributed by atoms with Crippen LogP contribution in [0.4, 0.5) is 0 Å². The van der Waals surface area contributed by atoms with E-state index in [-0.39, 0.29) is 0 Å². The molecule has 0 fully saturated rings. The van der Waals surface area contributed by atoms with Gasteiger partial charge in [-0.25, -0.2) is 0 Å². The van der Waals surface area contributed by atoms with Crippen molar-refractivity contribution in [3.05, 3.63) is 52.6 Å². The highest BCUT2D eigenvalue weighted by Crippen LogP contribution is 2.20. The van der Waals surface area contributed by atoms with E-state index in [1.807, 2.05) is 0 Å². The van der Waals surface area contributed by atoms with E-state index in [0.717, 1.165) is 0 Å². The van der Waals surface area contributed by atoms with Gasteiger partial charge in [0.1, 0.15) is 0 Å². The molecule has 0 amide bonds. The largest absolute Gasteiger partial charge is 0.0798 e. The summed E-state index contributed by atoms with van der Waals surface area (Å²) < 4.78 is 0. The van der Waals surface area contributed by atoms with Crippen LogP contribution in [-0.2, 0) is 0 Å². The Morgan fingerprint density at radius 1 is 1.00 bits per heavy atom. The zero-order valence-corrected chi connectivity index (χ0v) is 10.4. The number of allylic oxidation sites excluding steroid dienone is 4. The molecule has 0 heteroatoms. The Kier molecular flexibility index (Phi) is 3.90. The second kappa shape index (κ2) is 4.97. The van der Waals surface area contributed by atoms with E-state index in [1.165, 1.54) is 27.8 Å². The highest BCUT2D eigenvalue weighted by Gasteiger charge is 1.99. The third kappa shape index (κ3) is 3.39. The van der Waals surface area contributed by atoms with Crippen molar-refractivity contribution in [1.29, 1.82) is 0 Å². The van der Waals surface area contributed by atoms with Crippen molar-refractivity contribution in [1.82, 2.24) is 0 Å². The molecular weight excluding hydrogens is 180 g/mol. The van der Waals surface area contributed by atoms with Crippen molar-refractivity contribution >= 4 is 5.57 Å². The summed E-state index contributed by atoms with van der Waals surface area (Å²) in [6.45, 7) is 10.6. The van der Waals surface area contributed by atoms with Crippen LogP contribution in [0.2, 0.25) is 0 Å². The van der Waals surface area contributed by atoms with Crippen molar-refractivity contribution in [3.63, 3.8) is 0 Å². The molecule has 0 aliphatic rings. The summed E-state index contributed by atoms with van der Waals surface area (Å²) in [5.74, 6) is 0. The maximum atomic E-state index is 2.24. The molecule has 0 unspecified atom stereocenters. The normalized spacial score (nSPS) is 11.4. The Labute approximate surface area is 93.3 Å². The fourth-order valence-electron chi connectivity index (χ4n) is 1.79. The molecule has 0 saturated heterocycles. The number of hydrogen-bond donors (Lipinski definition) is 0. The Bertz CT molecular complexity index is 382. The Morgan fingerprint density at radius 3 is 1.93 bits per heavy atom. The molecule has 0 atom stereocenters. The quantitative estimate of drug-likeness (QED) is 0.608. The second-order valence-electron chi connectivity index (χ2n) is 4.34. The minimum atomic E-state index is 1.31. The van der Waals surface area contributed by atoms with Gasteiger partial charge in [-0.1, -0.05) is 47.1 Å². The molecule has 0 N–H and O–H groups in total. The summed E-state index contributed by atoms with van der Waals surface area (Å²) >= 11 is 0. The maximum absolute atomic E-state index is 2.24. The number of aryl methyl sites for hydroxylation is 2. The lowest BCUT2D eigenvalue weighted by atomic mass is 9.99. The topological polar surface area (TPSA) is 0 Å². The zero-order chi connectivity index (χ0) is 11.4. The molecule has 0 aromatic heterocycles.